The van der Waals surface area contributed by atoms with E-state index in [9.17, 15) is 19.5 Å². The van der Waals surface area contributed by atoms with Crippen LogP contribution in [0.15, 0.2) is 0 Å². The molecule has 0 amide bonds. The monoisotopic (exact) mass is 360 g/mol. The molecule has 4 aliphatic rings. The molecular formula is C22H32O4. The number of aliphatic hydroxyl groups is 1. The molecule has 0 aromatic carbocycles. The summed E-state index contributed by atoms with van der Waals surface area (Å²) in [4.78, 5) is 37.9. The molecule has 4 rings (SSSR count). The molecule has 0 spiro atoms. The Kier molecular flexibility index (Phi) is 3.72. The summed E-state index contributed by atoms with van der Waals surface area (Å²) < 4.78 is 0. The third-order valence-corrected chi connectivity index (χ3v) is 9.60. The van der Waals surface area contributed by atoms with Crippen molar-refractivity contribution >= 4 is 17.3 Å². The Labute approximate surface area is 156 Å². The van der Waals surface area contributed by atoms with Crippen LogP contribution < -0.4 is 0 Å². The second kappa shape index (κ2) is 5.27. The highest BCUT2D eigenvalue weighted by molar-refractivity contribution is 5.91. The highest BCUT2D eigenvalue weighted by atomic mass is 16.3. The van der Waals surface area contributed by atoms with E-state index >= 15 is 0 Å². The molecule has 4 saturated carbocycles. The van der Waals surface area contributed by atoms with Crippen molar-refractivity contribution in [2.75, 3.05) is 0 Å². The van der Waals surface area contributed by atoms with Gasteiger partial charge in [0, 0.05) is 30.6 Å². The van der Waals surface area contributed by atoms with Crippen molar-refractivity contribution in [3.8, 4) is 0 Å². The maximum Gasteiger partial charge on any atom is 0.161 e. The summed E-state index contributed by atoms with van der Waals surface area (Å²) >= 11 is 0. The average Bonchev–Trinajstić information content (AvgIpc) is 2.81. The third kappa shape index (κ3) is 1.97. The van der Waals surface area contributed by atoms with Gasteiger partial charge in [-0.1, -0.05) is 20.8 Å². The molecule has 0 heterocycles. The summed E-state index contributed by atoms with van der Waals surface area (Å²) in [6, 6.07) is 0. The van der Waals surface area contributed by atoms with Crippen LogP contribution in [0.25, 0.3) is 0 Å². The fraction of sp³-hybridized carbons (Fsp3) is 0.864. The SMILES string of the molecule is CC(=O)[C@@]1(O)CC[C@@H]2[C@H]3CC[C@@]4(C)CC(=O)CC[C@@]4(C)[C@@H]3C(=O)C[C@@]21C. The lowest BCUT2D eigenvalue weighted by Gasteiger charge is -2.63. The van der Waals surface area contributed by atoms with Gasteiger partial charge in [0.15, 0.2) is 5.78 Å². The molecule has 4 aliphatic carbocycles. The van der Waals surface area contributed by atoms with Crippen LogP contribution in [0.5, 0.6) is 0 Å². The maximum absolute atomic E-state index is 13.5. The smallest absolute Gasteiger partial charge is 0.161 e. The van der Waals surface area contributed by atoms with Crippen molar-refractivity contribution in [2.24, 2.45) is 34.0 Å². The topological polar surface area (TPSA) is 71.4 Å². The van der Waals surface area contributed by atoms with E-state index in [2.05, 4.69) is 13.8 Å². The van der Waals surface area contributed by atoms with Crippen LogP contribution >= 0.6 is 0 Å². The standard InChI is InChI=1S/C22H32O4/c1-13(23)22(26)10-7-16-15-6-8-19(2)11-14(24)5-9-20(19,3)18(15)17(25)12-21(16,22)4/h15-16,18,26H,5-12H2,1-4H3/t15-,16-,18+,19+,20+,21+,22+/m1/s1. The molecule has 0 aliphatic heterocycles. The van der Waals surface area contributed by atoms with Gasteiger partial charge in [-0.05, 0) is 61.7 Å². The molecule has 0 aromatic rings. The van der Waals surface area contributed by atoms with E-state index in [0.29, 0.717) is 31.5 Å². The van der Waals surface area contributed by atoms with Crippen LogP contribution in [0, 0.1) is 34.0 Å². The van der Waals surface area contributed by atoms with E-state index in [1.807, 2.05) is 6.92 Å². The summed E-state index contributed by atoms with van der Waals surface area (Å²) in [6.45, 7) is 7.89. The van der Waals surface area contributed by atoms with Crippen molar-refractivity contribution in [2.45, 2.75) is 84.7 Å². The number of carbonyl (C=O) groups is 3. The van der Waals surface area contributed by atoms with Gasteiger partial charge < -0.3 is 5.11 Å². The Morgan fingerprint density at radius 3 is 2.35 bits per heavy atom. The molecule has 0 radical (unpaired) electrons. The lowest BCUT2D eigenvalue weighted by molar-refractivity contribution is -0.187. The van der Waals surface area contributed by atoms with Crippen LogP contribution in [-0.4, -0.2) is 28.1 Å². The molecule has 0 bridgehead atoms. The predicted octanol–water partition coefficient (Wildman–Crippen LogP) is 3.49. The minimum atomic E-state index is -1.36. The highest BCUT2D eigenvalue weighted by Gasteiger charge is 2.70. The fourth-order valence-electron chi connectivity index (χ4n) is 7.77. The number of fused-ring (bicyclic) bond motifs is 5. The van der Waals surface area contributed by atoms with Gasteiger partial charge >= 0.3 is 0 Å². The number of ketones is 3. The van der Waals surface area contributed by atoms with Gasteiger partial charge in [0.1, 0.15) is 17.2 Å². The van der Waals surface area contributed by atoms with E-state index < -0.39 is 11.0 Å². The molecule has 7 atom stereocenters. The van der Waals surface area contributed by atoms with Gasteiger partial charge in [-0.3, -0.25) is 14.4 Å². The summed E-state index contributed by atoms with van der Waals surface area (Å²) in [5.41, 5.74) is -2.23. The van der Waals surface area contributed by atoms with Crippen LogP contribution in [0.3, 0.4) is 0 Å². The lowest BCUT2D eigenvalue weighted by Crippen LogP contribution is -2.63. The number of Topliss-reactive ketones (excluding diaryl/α,β-unsaturated/α-hetero) is 3. The number of hydrogen-bond donors (Lipinski definition) is 1. The van der Waals surface area contributed by atoms with Gasteiger partial charge in [0.25, 0.3) is 0 Å². The molecule has 4 fully saturated rings. The molecule has 0 unspecified atom stereocenters. The van der Waals surface area contributed by atoms with Gasteiger partial charge in [-0.25, -0.2) is 0 Å². The average molecular weight is 360 g/mol. The van der Waals surface area contributed by atoms with Crippen molar-refractivity contribution in [3.63, 3.8) is 0 Å². The second-order valence-corrected chi connectivity index (χ2v) is 10.5. The summed E-state index contributed by atoms with van der Waals surface area (Å²) in [5.74, 6) is 0.797. The van der Waals surface area contributed by atoms with Crippen molar-refractivity contribution in [1.29, 1.82) is 0 Å². The first-order chi connectivity index (χ1) is 12.0. The van der Waals surface area contributed by atoms with Gasteiger partial charge in [0.05, 0.1) is 0 Å². The van der Waals surface area contributed by atoms with E-state index in [1.165, 1.54) is 6.92 Å². The van der Waals surface area contributed by atoms with Gasteiger partial charge in [0.2, 0.25) is 0 Å². The van der Waals surface area contributed by atoms with E-state index in [0.717, 1.165) is 25.7 Å². The van der Waals surface area contributed by atoms with Gasteiger partial charge in [-0.15, -0.1) is 0 Å². The summed E-state index contributed by atoms with van der Waals surface area (Å²) in [7, 11) is 0. The lowest BCUT2D eigenvalue weighted by atomic mass is 9.40. The van der Waals surface area contributed by atoms with Crippen molar-refractivity contribution in [1.82, 2.24) is 0 Å². The Balaban J connectivity index is 1.76. The van der Waals surface area contributed by atoms with Crippen molar-refractivity contribution < 1.29 is 19.5 Å². The predicted molar refractivity (Wildman–Crippen MR) is 97.4 cm³/mol. The molecule has 26 heavy (non-hydrogen) atoms. The van der Waals surface area contributed by atoms with Crippen LogP contribution in [0.4, 0.5) is 0 Å². The first-order valence-electron chi connectivity index (χ1n) is 10.3. The largest absolute Gasteiger partial charge is 0.381 e. The van der Waals surface area contributed by atoms with Crippen LogP contribution in [0.1, 0.15) is 79.1 Å². The zero-order valence-electron chi connectivity index (χ0n) is 16.6. The number of hydrogen-bond acceptors (Lipinski definition) is 4. The first-order valence-corrected chi connectivity index (χ1v) is 10.3. The maximum atomic E-state index is 13.5. The second-order valence-electron chi connectivity index (χ2n) is 10.5. The quantitative estimate of drug-likeness (QED) is 0.777. The Bertz CT molecular complexity index is 698. The molecule has 0 aromatic heterocycles. The zero-order valence-corrected chi connectivity index (χ0v) is 16.6. The number of carbonyl (C=O) groups excluding carboxylic acids is 3. The van der Waals surface area contributed by atoms with E-state index in [-0.39, 0.29) is 40.2 Å². The molecule has 4 nitrogen and oxygen atoms in total. The Morgan fingerprint density at radius 2 is 1.69 bits per heavy atom. The molecule has 144 valence electrons. The number of rotatable bonds is 1. The zero-order chi connectivity index (χ0) is 19.1. The van der Waals surface area contributed by atoms with Crippen LogP contribution in [-0.2, 0) is 14.4 Å². The summed E-state index contributed by atoms with van der Waals surface area (Å²) in [5, 5.41) is 11.2. The molecular weight excluding hydrogens is 328 g/mol. The normalized spacial score (nSPS) is 53.7. The van der Waals surface area contributed by atoms with Gasteiger partial charge in [-0.2, -0.15) is 0 Å². The molecule has 0 saturated heterocycles. The molecule has 1 N–H and O–H groups in total. The van der Waals surface area contributed by atoms with E-state index in [4.69, 9.17) is 0 Å². The first kappa shape index (κ1) is 18.3. The molecule has 4 heteroatoms. The third-order valence-electron chi connectivity index (χ3n) is 9.60. The summed E-state index contributed by atoms with van der Waals surface area (Å²) in [6.07, 6.45) is 5.49. The Hall–Kier alpha value is -1.03. The van der Waals surface area contributed by atoms with Crippen molar-refractivity contribution in [3.05, 3.63) is 0 Å². The highest BCUT2D eigenvalue weighted by Crippen LogP contribution is 2.70. The minimum absolute atomic E-state index is 0.0262. The Morgan fingerprint density at radius 1 is 1.00 bits per heavy atom. The van der Waals surface area contributed by atoms with E-state index in [1.54, 1.807) is 0 Å². The fourth-order valence-corrected chi connectivity index (χ4v) is 7.77. The minimum Gasteiger partial charge on any atom is -0.381 e. The van der Waals surface area contributed by atoms with Crippen LogP contribution in [0.2, 0.25) is 0 Å².